The van der Waals surface area contributed by atoms with Crippen LogP contribution in [0.5, 0.6) is 11.5 Å². The Labute approximate surface area is 118 Å². The molecule has 0 radical (unpaired) electrons. The van der Waals surface area contributed by atoms with Gasteiger partial charge in [-0.2, -0.15) is 0 Å². The van der Waals surface area contributed by atoms with Crippen LogP contribution in [0.2, 0.25) is 5.02 Å². The molecule has 4 nitrogen and oxygen atoms in total. The molecule has 0 bridgehead atoms. The van der Waals surface area contributed by atoms with Crippen LogP contribution in [0.4, 0.5) is 0 Å². The van der Waals surface area contributed by atoms with Gasteiger partial charge in [-0.1, -0.05) is 18.0 Å². The minimum absolute atomic E-state index is 0.568. The molecule has 1 saturated heterocycles. The normalized spacial score (nSPS) is 19.4. The predicted octanol–water partition coefficient (Wildman–Crippen LogP) is 2.60. The maximum atomic E-state index is 6.22. The van der Waals surface area contributed by atoms with Gasteiger partial charge in [-0.05, 0) is 30.5 Å². The summed E-state index contributed by atoms with van der Waals surface area (Å²) in [6, 6.07) is 3.96. The van der Waals surface area contributed by atoms with E-state index in [9.17, 15) is 0 Å². The largest absolute Gasteiger partial charge is 0.486 e. The maximum absolute atomic E-state index is 6.22. The molecule has 2 heterocycles. The highest BCUT2D eigenvalue weighted by Crippen LogP contribution is 2.38. The topological polar surface area (TPSA) is 33.7 Å². The summed E-state index contributed by atoms with van der Waals surface area (Å²) in [5, 5.41) is 2.92. The predicted molar refractivity (Wildman–Crippen MR) is 74.7 cm³/mol. The second kappa shape index (κ2) is 5.99. The average molecular weight is 283 g/mol. The van der Waals surface area contributed by atoms with Crippen molar-refractivity contribution >= 4 is 11.6 Å². The van der Waals surface area contributed by atoms with E-state index >= 15 is 0 Å². The van der Waals surface area contributed by atoms with E-state index in [-0.39, 0.29) is 0 Å². The van der Waals surface area contributed by atoms with Crippen LogP contribution in [-0.4, -0.2) is 31.3 Å². The van der Waals surface area contributed by atoms with Crippen LogP contribution in [0.3, 0.4) is 0 Å². The van der Waals surface area contributed by atoms with Gasteiger partial charge in [0.1, 0.15) is 13.2 Å². The van der Waals surface area contributed by atoms with Crippen molar-refractivity contribution in [2.75, 3.05) is 26.3 Å². The van der Waals surface area contributed by atoms with E-state index in [4.69, 9.17) is 21.1 Å². The van der Waals surface area contributed by atoms with Crippen molar-refractivity contribution in [2.24, 2.45) is 0 Å². The molecule has 104 valence electrons. The number of fused-ring (bicyclic) bond motifs is 1. The molecule has 0 saturated carbocycles. The number of nitrogens with zero attached hydrogens (tertiary/aromatic N) is 1. The molecule has 1 aromatic carbocycles. The summed E-state index contributed by atoms with van der Waals surface area (Å²) in [4.78, 5) is 0. The van der Waals surface area contributed by atoms with Crippen LogP contribution in [0.1, 0.15) is 24.8 Å². The zero-order chi connectivity index (χ0) is 13.1. The third-order valence-electron chi connectivity index (χ3n) is 3.52. The van der Waals surface area contributed by atoms with Crippen LogP contribution in [-0.2, 0) is 6.54 Å². The van der Waals surface area contributed by atoms with Gasteiger partial charge in [0.05, 0.1) is 5.02 Å². The second-order valence-electron chi connectivity index (χ2n) is 4.98. The zero-order valence-corrected chi connectivity index (χ0v) is 11.7. The molecule has 0 amide bonds. The molecule has 0 aliphatic carbocycles. The molecule has 0 aromatic heterocycles. The van der Waals surface area contributed by atoms with E-state index in [0.717, 1.165) is 30.9 Å². The number of benzene rings is 1. The first-order valence-corrected chi connectivity index (χ1v) is 7.27. The smallest absolute Gasteiger partial charge is 0.179 e. The van der Waals surface area contributed by atoms with E-state index in [1.807, 2.05) is 12.1 Å². The van der Waals surface area contributed by atoms with Gasteiger partial charge < -0.3 is 9.47 Å². The van der Waals surface area contributed by atoms with E-state index < -0.39 is 0 Å². The molecule has 1 N–H and O–H groups in total. The van der Waals surface area contributed by atoms with Crippen LogP contribution in [0.25, 0.3) is 0 Å². The van der Waals surface area contributed by atoms with Crippen LogP contribution < -0.4 is 14.9 Å². The molecule has 0 atom stereocenters. The van der Waals surface area contributed by atoms with Crippen molar-refractivity contribution in [1.82, 2.24) is 10.4 Å². The SMILES string of the molecule is Clc1cc(CNN2CCCCC2)cc2c1OCCO2. The number of hydrogen-bond donors (Lipinski definition) is 1. The number of hydrazine groups is 1. The second-order valence-corrected chi connectivity index (χ2v) is 5.39. The van der Waals surface area contributed by atoms with E-state index in [1.165, 1.54) is 19.3 Å². The molecule has 0 unspecified atom stereocenters. The summed E-state index contributed by atoms with van der Waals surface area (Å²) in [5.74, 6) is 1.43. The lowest BCUT2D eigenvalue weighted by Crippen LogP contribution is -2.41. The monoisotopic (exact) mass is 282 g/mol. The molecule has 1 fully saturated rings. The van der Waals surface area contributed by atoms with Gasteiger partial charge in [0.15, 0.2) is 11.5 Å². The molecular formula is C14H19ClN2O2. The van der Waals surface area contributed by atoms with Crippen molar-refractivity contribution in [3.63, 3.8) is 0 Å². The lowest BCUT2D eigenvalue weighted by atomic mass is 10.1. The van der Waals surface area contributed by atoms with Gasteiger partial charge in [-0.25, -0.2) is 5.01 Å². The van der Waals surface area contributed by atoms with E-state index in [0.29, 0.717) is 24.0 Å². The number of ether oxygens (including phenoxy) is 2. The van der Waals surface area contributed by atoms with Crippen molar-refractivity contribution in [3.8, 4) is 11.5 Å². The summed E-state index contributed by atoms with van der Waals surface area (Å²) < 4.78 is 11.1. The molecule has 3 rings (SSSR count). The van der Waals surface area contributed by atoms with Crippen LogP contribution >= 0.6 is 11.6 Å². The highest BCUT2D eigenvalue weighted by atomic mass is 35.5. The summed E-state index contributed by atoms with van der Waals surface area (Å²) in [5.41, 5.74) is 4.58. The third kappa shape index (κ3) is 3.14. The van der Waals surface area contributed by atoms with Crippen molar-refractivity contribution in [3.05, 3.63) is 22.7 Å². The first-order valence-electron chi connectivity index (χ1n) is 6.89. The number of nitrogens with one attached hydrogen (secondary N) is 1. The third-order valence-corrected chi connectivity index (χ3v) is 3.80. The number of piperidine rings is 1. The van der Waals surface area contributed by atoms with Gasteiger partial charge in [0.25, 0.3) is 0 Å². The highest BCUT2D eigenvalue weighted by molar-refractivity contribution is 6.32. The van der Waals surface area contributed by atoms with Crippen molar-refractivity contribution in [1.29, 1.82) is 0 Å². The standard InChI is InChI=1S/C14H19ClN2O2/c15-12-8-11(9-13-14(12)19-7-6-18-13)10-16-17-4-2-1-3-5-17/h8-9,16H,1-7,10H2. The fraction of sp³-hybridized carbons (Fsp3) is 0.571. The molecule has 5 heteroatoms. The molecule has 1 aromatic rings. The fourth-order valence-corrected chi connectivity index (χ4v) is 2.81. The van der Waals surface area contributed by atoms with Crippen molar-refractivity contribution in [2.45, 2.75) is 25.8 Å². The first-order chi connectivity index (χ1) is 9.33. The summed E-state index contributed by atoms with van der Waals surface area (Å²) >= 11 is 6.22. The molecule has 19 heavy (non-hydrogen) atoms. The minimum atomic E-state index is 0.568. The lowest BCUT2D eigenvalue weighted by Gasteiger charge is -2.27. The molecule has 0 spiro atoms. The lowest BCUT2D eigenvalue weighted by molar-refractivity contribution is 0.150. The van der Waals surface area contributed by atoms with Gasteiger partial charge in [0.2, 0.25) is 0 Å². The average Bonchev–Trinajstić information content (AvgIpc) is 2.46. The summed E-state index contributed by atoms with van der Waals surface area (Å²) in [6.45, 7) is 4.18. The quantitative estimate of drug-likeness (QED) is 0.924. The maximum Gasteiger partial charge on any atom is 0.179 e. The summed E-state index contributed by atoms with van der Waals surface area (Å²) in [7, 11) is 0. The minimum Gasteiger partial charge on any atom is -0.486 e. The Kier molecular flexibility index (Phi) is 4.11. The van der Waals surface area contributed by atoms with E-state index in [1.54, 1.807) is 0 Å². The Hall–Kier alpha value is -0.970. The Morgan fingerprint density at radius 2 is 1.89 bits per heavy atom. The van der Waals surface area contributed by atoms with Gasteiger partial charge in [0, 0.05) is 19.6 Å². The number of rotatable bonds is 3. The van der Waals surface area contributed by atoms with Crippen LogP contribution in [0, 0.1) is 0 Å². The zero-order valence-electron chi connectivity index (χ0n) is 11.0. The summed E-state index contributed by atoms with van der Waals surface area (Å²) in [6.07, 6.45) is 3.89. The molecule has 2 aliphatic rings. The van der Waals surface area contributed by atoms with E-state index in [2.05, 4.69) is 10.4 Å². The Morgan fingerprint density at radius 3 is 2.74 bits per heavy atom. The number of hydrogen-bond acceptors (Lipinski definition) is 4. The highest BCUT2D eigenvalue weighted by Gasteiger charge is 2.17. The fourth-order valence-electron chi connectivity index (χ4n) is 2.52. The Bertz CT molecular complexity index is 447. The first kappa shape index (κ1) is 13.0. The van der Waals surface area contributed by atoms with Gasteiger partial charge in [-0.3, -0.25) is 5.43 Å². The van der Waals surface area contributed by atoms with Gasteiger partial charge in [-0.15, -0.1) is 0 Å². The Balaban J connectivity index is 1.65. The Morgan fingerprint density at radius 1 is 1.11 bits per heavy atom. The van der Waals surface area contributed by atoms with Crippen LogP contribution in [0.15, 0.2) is 12.1 Å². The number of halogens is 1. The van der Waals surface area contributed by atoms with Gasteiger partial charge >= 0.3 is 0 Å². The van der Waals surface area contributed by atoms with Crippen molar-refractivity contribution < 1.29 is 9.47 Å². The molecule has 2 aliphatic heterocycles. The molecular weight excluding hydrogens is 264 g/mol.